The van der Waals surface area contributed by atoms with E-state index in [1.165, 1.54) is 22.2 Å². The van der Waals surface area contributed by atoms with Crippen molar-refractivity contribution in [2.24, 2.45) is 0 Å². The first-order valence-corrected chi connectivity index (χ1v) is 10.4. The average molecular weight is 376 g/mol. The summed E-state index contributed by atoms with van der Waals surface area (Å²) in [6.45, 7) is 5.85. The summed E-state index contributed by atoms with van der Waals surface area (Å²) in [5.41, 5.74) is 4.96. The predicted octanol–water partition coefficient (Wildman–Crippen LogP) is 5.38. The van der Waals surface area contributed by atoms with E-state index in [0.717, 1.165) is 37.9 Å². The molecule has 2 atom stereocenters. The zero-order chi connectivity index (χ0) is 19.5. The van der Waals surface area contributed by atoms with Crippen LogP contribution in [-0.2, 0) is 6.42 Å². The summed E-state index contributed by atoms with van der Waals surface area (Å²) in [7, 11) is 0. The number of carbonyl (C=O) groups is 1. The minimum atomic E-state index is 0.000163. The number of rotatable bonds is 5. The number of unbranched alkanes of at least 4 members (excludes halogenated alkanes) is 1. The standard InChI is InChI=1S/C24H29N3O/c1-3-4-15-25-24(28)27-16-14-20-19-12-8-9-13-21(19)26-22(20)23(27)17(2)18-10-6-5-7-11-18/h5-13,17,23,26H,3-4,14-16H2,1-2H3,(H,25,28). The van der Waals surface area contributed by atoms with E-state index in [2.05, 4.69) is 72.7 Å². The second-order valence-corrected chi connectivity index (χ2v) is 7.74. The van der Waals surface area contributed by atoms with Gasteiger partial charge in [-0.05, 0) is 30.0 Å². The van der Waals surface area contributed by atoms with E-state index in [9.17, 15) is 4.79 Å². The summed E-state index contributed by atoms with van der Waals surface area (Å²) in [6.07, 6.45) is 2.98. The van der Waals surface area contributed by atoms with Crippen LogP contribution in [0.3, 0.4) is 0 Å². The van der Waals surface area contributed by atoms with Gasteiger partial charge in [0.05, 0.1) is 6.04 Å². The monoisotopic (exact) mass is 375 g/mol. The molecule has 2 N–H and O–H groups in total. The van der Waals surface area contributed by atoms with E-state index >= 15 is 0 Å². The van der Waals surface area contributed by atoms with E-state index in [4.69, 9.17) is 0 Å². The first-order valence-electron chi connectivity index (χ1n) is 10.4. The van der Waals surface area contributed by atoms with Crippen LogP contribution < -0.4 is 5.32 Å². The van der Waals surface area contributed by atoms with Crippen molar-refractivity contribution < 1.29 is 4.79 Å². The van der Waals surface area contributed by atoms with Gasteiger partial charge in [0.25, 0.3) is 0 Å². The normalized spacial score (nSPS) is 17.4. The van der Waals surface area contributed by atoms with Gasteiger partial charge in [0.1, 0.15) is 0 Å². The molecule has 4 rings (SSSR count). The molecule has 4 heteroatoms. The molecule has 2 unspecified atom stereocenters. The molecular formula is C24H29N3O. The van der Waals surface area contributed by atoms with Crippen LogP contribution >= 0.6 is 0 Å². The number of aromatic amines is 1. The molecule has 3 aromatic rings. The highest BCUT2D eigenvalue weighted by Gasteiger charge is 2.37. The Morgan fingerprint density at radius 2 is 1.93 bits per heavy atom. The fourth-order valence-corrected chi connectivity index (χ4v) is 4.43. The number of para-hydroxylation sites is 1. The molecule has 2 amide bonds. The van der Waals surface area contributed by atoms with E-state index in [-0.39, 0.29) is 18.0 Å². The van der Waals surface area contributed by atoms with E-state index < -0.39 is 0 Å². The first kappa shape index (κ1) is 18.6. The van der Waals surface area contributed by atoms with E-state index in [0.29, 0.717) is 0 Å². The lowest BCUT2D eigenvalue weighted by atomic mass is 9.85. The molecule has 2 heterocycles. The molecular weight excluding hydrogens is 346 g/mol. The third-order valence-corrected chi connectivity index (χ3v) is 5.95. The average Bonchev–Trinajstić information content (AvgIpc) is 3.12. The zero-order valence-corrected chi connectivity index (χ0v) is 16.7. The molecule has 0 saturated carbocycles. The van der Waals surface area contributed by atoms with Gasteiger partial charge in [-0.25, -0.2) is 4.79 Å². The van der Waals surface area contributed by atoms with Crippen molar-refractivity contribution in [3.8, 4) is 0 Å². The Hall–Kier alpha value is -2.75. The van der Waals surface area contributed by atoms with Crippen LogP contribution in [0.2, 0.25) is 0 Å². The van der Waals surface area contributed by atoms with Crippen molar-refractivity contribution in [1.29, 1.82) is 0 Å². The SMILES string of the molecule is CCCCNC(=O)N1CCc2c([nH]c3ccccc23)C1C(C)c1ccccc1. The summed E-state index contributed by atoms with van der Waals surface area (Å²) in [6, 6.07) is 19.0. The topological polar surface area (TPSA) is 48.1 Å². The van der Waals surface area contributed by atoms with Crippen LogP contribution in [0, 0.1) is 0 Å². The largest absolute Gasteiger partial charge is 0.356 e. The van der Waals surface area contributed by atoms with Gasteiger partial charge in [-0.15, -0.1) is 0 Å². The lowest BCUT2D eigenvalue weighted by Crippen LogP contribution is -2.47. The maximum Gasteiger partial charge on any atom is 0.317 e. The number of urea groups is 1. The Labute approximate surface area is 166 Å². The quantitative estimate of drug-likeness (QED) is 0.578. The minimum absolute atomic E-state index is 0.000163. The van der Waals surface area contributed by atoms with Gasteiger partial charge in [-0.2, -0.15) is 0 Å². The number of aromatic nitrogens is 1. The summed E-state index contributed by atoms with van der Waals surface area (Å²) in [5, 5.41) is 4.41. The molecule has 146 valence electrons. The number of fused-ring (bicyclic) bond motifs is 3. The molecule has 1 aliphatic rings. The van der Waals surface area contributed by atoms with Crippen molar-refractivity contribution in [3.05, 3.63) is 71.4 Å². The second kappa shape index (κ2) is 8.09. The number of hydrogen-bond donors (Lipinski definition) is 2. The fraction of sp³-hybridized carbons (Fsp3) is 0.375. The van der Waals surface area contributed by atoms with Crippen LogP contribution in [0.15, 0.2) is 54.6 Å². The molecule has 0 spiro atoms. The van der Waals surface area contributed by atoms with Crippen LogP contribution in [0.1, 0.15) is 55.5 Å². The lowest BCUT2D eigenvalue weighted by molar-refractivity contribution is 0.158. The first-order chi connectivity index (χ1) is 13.7. The van der Waals surface area contributed by atoms with Crippen LogP contribution in [-0.4, -0.2) is 29.0 Å². The van der Waals surface area contributed by atoms with Gasteiger partial charge in [0, 0.05) is 35.6 Å². The number of hydrogen-bond acceptors (Lipinski definition) is 1. The lowest BCUT2D eigenvalue weighted by Gasteiger charge is -2.39. The molecule has 0 fully saturated rings. The predicted molar refractivity (Wildman–Crippen MR) is 115 cm³/mol. The Morgan fingerprint density at radius 3 is 2.71 bits per heavy atom. The van der Waals surface area contributed by atoms with Crippen LogP contribution in [0.25, 0.3) is 10.9 Å². The maximum atomic E-state index is 13.0. The highest BCUT2D eigenvalue weighted by Crippen LogP contribution is 2.42. The van der Waals surface area contributed by atoms with Crippen molar-refractivity contribution in [2.75, 3.05) is 13.1 Å². The number of H-pyrrole nitrogens is 1. The minimum Gasteiger partial charge on any atom is -0.356 e. The summed E-state index contributed by atoms with van der Waals surface area (Å²) in [4.78, 5) is 18.7. The molecule has 1 aromatic heterocycles. The number of benzene rings is 2. The number of nitrogens with zero attached hydrogens (tertiary/aromatic N) is 1. The molecule has 0 saturated heterocycles. The highest BCUT2D eigenvalue weighted by atomic mass is 16.2. The van der Waals surface area contributed by atoms with Gasteiger partial charge >= 0.3 is 6.03 Å². The van der Waals surface area contributed by atoms with Gasteiger partial charge in [-0.1, -0.05) is 68.8 Å². The van der Waals surface area contributed by atoms with Gasteiger partial charge < -0.3 is 15.2 Å². The van der Waals surface area contributed by atoms with Crippen LogP contribution in [0.4, 0.5) is 4.79 Å². The van der Waals surface area contributed by atoms with Crippen molar-refractivity contribution in [1.82, 2.24) is 15.2 Å². The molecule has 0 aliphatic carbocycles. The molecule has 2 aromatic carbocycles. The Balaban J connectivity index is 1.74. The second-order valence-electron chi connectivity index (χ2n) is 7.74. The molecule has 28 heavy (non-hydrogen) atoms. The Kier molecular flexibility index (Phi) is 5.38. The molecule has 0 bridgehead atoms. The molecule has 1 aliphatic heterocycles. The third kappa shape index (κ3) is 3.39. The van der Waals surface area contributed by atoms with Gasteiger partial charge in [-0.3, -0.25) is 0 Å². The fourth-order valence-electron chi connectivity index (χ4n) is 4.43. The maximum absolute atomic E-state index is 13.0. The third-order valence-electron chi connectivity index (χ3n) is 5.95. The highest BCUT2D eigenvalue weighted by molar-refractivity contribution is 5.86. The van der Waals surface area contributed by atoms with Crippen molar-refractivity contribution in [2.45, 2.75) is 45.1 Å². The number of amides is 2. The van der Waals surface area contributed by atoms with E-state index in [1.807, 2.05) is 11.0 Å². The van der Waals surface area contributed by atoms with Crippen molar-refractivity contribution in [3.63, 3.8) is 0 Å². The van der Waals surface area contributed by atoms with Gasteiger partial charge in [0.2, 0.25) is 0 Å². The Morgan fingerprint density at radius 1 is 1.18 bits per heavy atom. The number of carbonyl (C=O) groups excluding carboxylic acids is 1. The summed E-state index contributed by atoms with van der Waals surface area (Å²) >= 11 is 0. The summed E-state index contributed by atoms with van der Waals surface area (Å²) < 4.78 is 0. The molecule has 0 radical (unpaired) electrons. The Bertz CT molecular complexity index is 947. The van der Waals surface area contributed by atoms with E-state index in [1.54, 1.807) is 0 Å². The smallest absolute Gasteiger partial charge is 0.317 e. The molecule has 4 nitrogen and oxygen atoms in total. The zero-order valence-electron chi connectivity index (χ0n) is 16.7. The summed E-state index contributed by atoms with van der Waals surface area (Å²) in [5.74, 6) is 0.199. The van der Waals surface area contributed by atoms with Gasteiger partial charge in [0.15, 0.2) is 0 Å². The number of nitrogens with one attached hydrogen (secondary N) is 2. The van der Waals surface area contributed by atoms with Crippen LogP contribution in [0.5, 0.6) is 0 Å². The van der Waals surface area contributed by atoms with Crippen molar-refractivity contribution >= 4 is 16.9 Å².